The number of nitrogens with two attached hydrogens (primary N) is 1. The van der Waals surface area contributed by atoms with Crippen LogP contribution in [0.25, 0.3) is 5.82 Å². The number of carbonyl (C=O) groups is 1. The van der Waals surface area contributed by atoms with Gasteiger partial charge >= 0.3 is 0 Å². The van der Waals surface area contributed by atoms with Gasteiger partial charge in [-0.05, 0) is 6.07 Å². The standard InChI is InChI=1S/C9H7ClN4O/c10-8-1-7(11)3-12-9(8)14-4-6(5-15)2-13-14/h1-5H,11H2. The van der Waals surface area contributed by atoms with Gasteiger partial charge in [0.2, 0.25) is 0 Å². The zero-order chi connectivity index (χ0) is 10.8. The van der Waals surface area contributed by atoms with Crippen LogP contribution in [0.5, 0.6) is 0 Å². The summed E-state index contributed by atoms with van der Waals surface area (Å²) in [6.45, 7) is 0. The Kier molecular flexibility index (Phi) is 2.39. The average molecular weight is 223 g/mol. The van der Waals surface area contributed by atoms with Crippen molar-refractivity contribution in [1.29, 1.82) is 0 Å². The number of hydrogen-bond donors (Lipinski definition) is 1. The van der Waals surface area contributed by atoms with Crippen molar-refractivity contribution >= 4 is 23.6 Å². The summed E-state index contributed by atoms with van der Waals surface area (Å²) in [5.41, 5.74) is 6.45. The van der Waals surface area contributed by atoms with Gasteiger partial charge in [0.25, 0.3) is 0 Å². The van der Waals surface area contributed by atoms with Crippen molar-refractivity contribution < 1.29 is 4.79 Å². The van der Waals surface area contributed by atoms with Crippen LogP contribution >= 0.6 is 11.6 Å². The van der Waals surface area contributed by atoms with E-state index in [4.69, 9.17) is 17.3 Å². The van der Waals surface area contributed by atoms with Crippen LogP contribution in [-0.4, -0.2) is 21.1 Å². The second-order valence-electron chi connectivity index (χ2n) is 2.91. The van der Waals surface area contributed by atoms with Crippen LogP contribution in [0.2, 0.25) is 5.02 Å². The maximum Gasteiger partial charge on any atom is 0.172 e. The molecule has 76 valence electrons. The number of nitrogen functional groups attached to an aromatic ring is 1. The van der Waals surface area contributed by atoms with Gasteiger partial charge in [-0.3, -0.25) is 4.79 Å². The van der Waals surface area contributed by atoms with Crippen molar-refractivity contribution in [2.24, 2.45) is 0 Å². The summed E-state index contributed by atoms with van der Waals surface area (Å²) < 4.78 is 1.42. The van der Waals surface area contributed by atoms with E-state index in [1.807, 2.05) is 0 Å². The lowest BCUT2D eigenvalue weighted by atomic mass is 10.4. The summed E-state index contributed by atoms with van der Waals surface area (Å²) in [6.07, 6.45) is 5.15. The minimum absolute atomic E-state index is 0.385. The molecule has 15 heavy (non-hydrogen) atoms. The molecule has 6 heteroatoms. The van der Waals surface area contributed by atoms with E-state index >= 15 is 0 Å². The van der Waals surface area contributed by atoms with Crippen LogP contribution < -0.4 is 5.73 Å². The van der Waals surface area contributed by atoms with Crippen LogP contribution in [0.1, 0.15) is 10.4 Å². The summed E-state index contributed by atoms with van der Waals surface area (Å²) >= 11 is 5.92. The van der Waals surface area contributed by atoms with Crippen LogP contribution in [0.3, 0.4) is 0 Å². The molecule has 0 aliphatic carbocycles. The molecule has 0 aliphatic rings. The number of anilines is 1. The molecule has 2 aromatic rings. The van der Waals surface area contributed by atoms with Gasteiger partial charge in [0, 0.05) is 6.20 Å². The Morgan fingerprint density at radius 3 is 2.87 bits per heavy atom. The fourth-order valence-corrected chi connectivity index (χ4v) is 1.39. The van der Waals surface area contributed by atoms with Crippen molar-refractivity contribution in [3.05, 3.63) is 35.2 Å². The number of hydrogen-bond acceptors (Lipinski definition) is 4. The summed E-state index contributed by atoms with van der Waals surface area (Å²) in [5, 5.41) is 4.33. The van der Waals surface area contributed by atoms with Crippen molar-refractivity contribution in [2.75, 3.05) is 5.73 Å². The van der Waals surface area contributed by atoms with Gasteiger partial charge < -0.3 is 5.73 Å². The molecule has 5 nitrogen and oxygen atoms in total. The molecule has 2 heterocycles. The molecule has 2 N–H and O–H groups in total. The van der Waals surface area contributed by atoms with Gasteiger partial charge in [-0.15, -0.1) is 0 Å². The normalized spacial score (nSPS) is 10.2. The Labute approximate surface area is 90.5 Å². The molecule has 2 aromatic heterocycles. The lowest BCUT2D eigenvalue weighted by Gasteiger charge is -2.02. The number of rotatable bonds is 2. The maximum atomic E-state index is 10.5. The van der Waals surface area contributed by atoms with E-state index in [0.717, 1.165) is 0 Å². The molecule has 0 fully saturated rings. The predicted molar refractivity (Wildman–Crippen MR) is 56.2 cm³/mol. The first kappa shape index (κ1) is 9.67. The first-order chi connectivity index (χ1) is 7.20. The Morgan fingerprint density at radius 1 is 1.47 bits per heavy atom. The van der Waals surface area contributed by atoms with Crippen molar-refractivity contribution in [1.82, 2.24) is 14.8 Å². The number of carbonyl (C=O) groups excluding carboxylic acids is 1. The first-order valence-corrected chi connectivity index (χ1v) is 4.50. The van der Waals surface area contributed by atoms with E-state index in [-0.39, 0.29) is 0 Å². The third-order valence-corrected chi connectivity index (χ3v) is 2.08. The quantitative estimate of drug-likeness (QED) is 0.778. The number of halogens is 1. The molecule has 0 saturated heterocycles. The highest BCUT2D eigenvalue weighted by Crippen LogP contribution is 2.19. The fourth-order valence-electron chi connectivity index (χ4n) is 1.13. The summed E-state index contributed by atoms with van der Waals surface area (Å²) in [5.74, 6) is 0.443. The van der Waals surface area contributed by atoms with E-state index in [1.54, 1.807) is 6.07 Å². The molecule has 0 atom stereocenters. The lowest BCUT2D eigenvalue weighted by molar-refractivity contribution is 0.112. The molecule has 0 unspecified atom stereocenters. The SMILES string of the molecule is Nc1cnc(-n2cc(C=O)cn2)c(Cl)c1. The molecule has 0 amide bonds. The number of nitrogens with zero attached hydrogens (tertiary/aromatic N) is 3. The first-order valence-electron chi connectivity index (χ1n) is 4.12. The van der Waals surface area contributed by atoms with E-state index in [0.29, 0.717) is 28.4 Å². The molecule has 0 saturated carbocycles. The molecule has 0 bridgehead atoms. The molecular weight excluding hydrogens is 216 g/mol. The van der Waals surface area contributed by atoms with Crippen molar-refractivity contribution in [3.8, 4) is 5.82 Å². The number of aromatic nitrogens is 3. The van der Waals surface area contributed by atoms with E-state index in [9.17, 15) is 4.79 Å². The van der Waals surface area contributed by atoms with Crippen LogP contribution in [0.4, 0.5) is 5.69 Å². The highest BCUT2D eigenvalue weighted by molar-refractivity contribution is 6.32. The van der Waals surface area contributed by atoms with Gasteiger partial charge in [-0.25, -0.2) is 9.67 Å². The Morgan fingerprint density at radius 2 is 2.27 bits per heavy atom. The average Bonchev–Trinajstić information content (AvgIpc) is 2.66. The van der Waals surface area contributed by atoms with Gasteiger partial charge in [-0.1, -0.05) is 11.6 Å². The number of pyridine rings is 1. The molecule has 0 spiro atoms. The van der Waals surface area contributed by atoms with Crippen molar-refractivity contribution in [3.63, 3.8) is 0 Å². The van der Waals surface area contributed by atoms with Gasteiger partial charge in [0.15, 0.2) is 12.1 Å². The maximum absolute atomic E-state index is 10.5. The Hall–Kier alpha value is -1.88. The molecule has 0 radical (unpaired) electrons. The van der Waals surface area contributed by atoms with E-state index < -0.39 is 0 Å². The third-order valence-electron chi connectivity index (χ3n) is 1.80. The van der Waals surface area contributed by atoms with Gasteiger partial charge in [0.1, 0.15) is 0 Å². The topological polar surface area (TPSA) is 73.8 Å². The predicted octanol–water partition coefficient (Wildman–Crippen LogP) is 1.32. The third kappa shape index (κ3) is 1.82. The van der Waals surface area contributed by atoms with Crippen molar-refractivity contribution in [2.45, 2.75) is 0 Å². The molecule has 2 rings (SSSR count). The summed E-state index contributed by atoms with van der Waals surface area (Å²) in [6, 6.07) is 1.58. The Balaban J connectivity index is 2.49. The van der Waals surface area contributed by atoms with Crippen LogP contribution in [0.15, 0.2) is 24.7 Å². The highest BCUT2D eigenvalue weighted by atomic mass is 35.5. The largest absolute Gasteiger partial charge is 0.397 e. The smallest absolute Gasteiger partial charge is 0.172 e. The van der Waals surface area contributed by atoms with E-state index in [1.165, 1.54) is 23.3 Å². The Bertz CT molecular complexity index is 509. The van der Waals surface area contributed by atoms with E-state index in [2.05, 4.69) is 10.1 Å². The molecule has 0 aromatic carbocycles. The monoisotopic (exact) mass is 222 g/mol. The number of aldehydes is 1. The second-order valence-corrected chi connectivity index (χ2v) is 3.32. The summed E-state index contributed by atoms with van der Waals surface area (Å²) in [7, 11) is 0. The lowest BCUT2D eigenvalue weighted by Crippen LogP contribution is -1.99. The van der Waals surface area contributed by atoms with Gasteiger partial charge in [0.05, 0.1) is 28.7 Å². The fraction of sp³-hybridized carbons (Fsp3) is 0. The molecule has 0 aliphatic heterocycles. The zero-order valence-electron chi connectivity index (χ0n) is 7.59. The minimum Gasteiger partial charge on any atom is -0.397 e. The molecular formula is C9H7ClN4O. The summed E-state index contributed by atoms with van der Waals surface area (Å²) in [4.78, 5) is 14.5. The van der Waals surface area contributed by atoms with Gasteiger partial charge in [-0.2, -0.15) is 5.10 Å². The zero-order valence-corrected chi connectivity index (χ0v) is 8.35. The van der Waals surface area contributed by atoms with Crippen LogP contribution in [0, 0.1) is 0 Å². The second kappa shape index (κ2) is 3.70. The van der Waals surface area contributed by atoms with Crippen LogP contribution in [-0.2, 0) is 0 Å². The minimum atomic E-state index is 0.385. The highest BCUT2D eigenvalue weighted by Gasteiger charge is 2.06.